The van der Waals surface area contributed by atoms with Crippen molar-refractivity contribution in [2.45, 2.75) is 12.8 Å². The minimum absolute atomic E-state index is 0.0180. The predicted octanol–water partition coefficient (Wildman–Crippen LogP) is 8.25. The van der Waals surface area contributed by atoms with Gasteiger partial charge in [0.1, 0.15) is 11.2 Å². The maximum Gasteiger partial charge on any atom is 0.143 e. The van der Waals surface area contributed by atoms with Crippen LogP contribution in [0, 0.1) is 11.8 Å². The van der Waals surface area contributed by atoms with Crippen molar-refractivity contribution in [2.75, 3.05) is 0 Å². The van der Waals surface area contributed by atoms with E-state index in [4.69, 9.17) is 23.6 Å². The third-order valence-corrected chi connectivity index (χ3v) is 7.31. The van der Waals surface area contributed by atoms with E-state index in [1.165, 1.54) is 18.2 Å². The third-order valence-electron chi connectivity index (χ3n) is 7.31. The highest BCUT2D eigenvalue weighted by molar-refractivity contribution is 6.11. The number of furan rings is 1. The summed E-state index contributed by atoms with van der Waals surface area (Å²) >= 11 is 0. The molecule has 0 aliphatic heterocycles. The van der Waals surface area contributed by atoms with Crippen LogP contribution in [-0.4, -0.2) is 0 Å². The third kappa shape index (κ3) is 3.54. The molecule has 0 saturated carbocycles. The Morgan fingerprint density at radius 2 is 1.51 bits per heavy atom. The van der Waals surface area contributed by atoms with E-state index in [1.807, 2.05) is 0 Å². The zero-order valence-corrected chi connectivity index (χ0v) is 20.3. The van der Waals surface area contributed by atoms with E-state index in [1.54, 1.807) is 30.3 Å². The molecule has 3 aliphatic rings. The summed E-state index contributed by atoms with van der Waals surface area (Å²) in [5.41, 5.74) is 0.888. The molecule has 3 aliphatic carbocycles. The van der Waals surface area contributed by atoms with Crippen LogP contribution in [0.4, 0.5) is 0 Å². The normalized spacial score (nSPS) is 31.2. The van der Waals surface area contributed by atoms with Crippen molar-refractivity contribution in [3.63, 3.8) is 0 Å². The molecule has 186 valence electrons. The Kier molecular flexibility index (Phi) is 2.68. The maximum atomic E-state index is 9.35. The molecule has 0 bridgehead atoms. The molecule has 0 fully saturated rings. The Morgan fingerprint density at radius 3 is 2.36 bits per heavy atom. The number of benzene rings is 4. The van der Waals surface area contributed by atoms with Gasteiger partial charge in [-0.15, -0.1) is 0 Å². The van der Waals surface area contributed by atoms with Crippen LogP contribution in [0.3, 0.4) is 0 Å². The number of rotatable bonds is 3. The van der Waals surface area contributed by atoms with Gasteiger partial charge in [-0.05, 0) is 69.3 Å². The number of hydrogen-bond donors (Lipinski definition) is 0. The predicted molar refractivity (Wildman–Crippen MR) is 162 cm³/mol. The van der Waals surface area contributed by atoms with Crippen LogP contribution in [0.25, 0.3) is 44.2 Å². The lowest BCUT2D eigenvalue weighted by atomic mass is 9.69. The summed E-state index contributed by atoms with van der Waals surface area (Å²) < 4.78 is 146. The van der Waals surface area contributed by atoms with Crippen LogP contribution in [0.1, 0.15) is 40.3 Å². The quantitative estimate of drug-likeness (QED) is 0.235. The summed E-state index contributed by atoms with van der Waals surface area (Å²) in [5, 5.41) is 1.40. The van der Waals surface area contributed by atoms with Gasteiger partial charge in [0.05, 0.1) is 19.2 Å². The summed E-state index contributed by atoms with van der Waals surface area (Å²) in [4.78, 5) is 0. The Morgan fingerprint density at radius 1 is 0.744 bits per heavy atom. The zero-order valence-electron chi connectivity index (χ0n) is 36.3. The number of fused-ring (bicyclic) bond motifs is 5. The van der Waals surface area contributed by atoms with Gasteiger partial charge in [-0.2, -0.15) is 0 Å². The highest BCUT2D eigenvalue weighted by Gasteiger charge is 2.33. The molecule has 0 N–H and O–H groups in total. The van der Waals surface area contributed by atoms with E-state index >= 15 is 0 Å². The summed E-state index contributed by atoms with van der Waals surface area (Å²) in [6, 6.07) is 5.84. The van der Waals surface area contributed by atoms with Gasteiger partial charge < -0.3 is 4.42 Å². The van der Waals surface area contributed by atoms with Crippen LogP contribution < -0.4 is 10.4 Å². The molecular weight excluding hydrogens is 472 g/mol. The lowest BCUT2D eigenvalue weighted by Crippen LogP contribution is -2.40. The van der Waals surface area contributed by atoms with Crippen molar-refractivity contribution in [2.24, 2.45) is 11.8 Å². The summed E-state index contributed by atoms with van der Waals surface area (Å²) in [6.07, 6.45) is -3.19. The molecule has 4 aromatic carbocycles. The summed E-state index contributed by atoms with van der Waals surface area (Å²) in [7, 11) is 0. The first-order valence-electron chi connectivity index (χ1n) is 20.6. The molecule has 0 amide bonds. The Hall–Kier alpha value is -4.62. The Balaban J connectivity index is 1.63. The molecule has 39 heavy (non-hydrogen) atoms. The highest BCUT2D eigenvalue weighted by atomic mass is 16.3. The van der Waals surface area contributed by atoms with Crippen molar-refractivity contribution in [3.05, 3.63) is 155 Å². The van der Waals surface area contributed by atoms with Gasteiger partial charge in [-0.25, -0.2) is 0 Å². The lowest BCUT2D eigenvalue weighted by Gasteiger charge is -2.34. The van der Waals surface area contributed by atoms with Crippen LogP contribution in [0.5, 0.6) is 0 Å². The Labute approximate surface area is 250 Å². The van der Waals surface area contributed by atoms with Gasteiger partial charge in [0.25, 0.3) is 0 Å². The largest absolute Gasteiger partial charge is 0.455 e. The van der Waals surface area contributed by atoms with E-state index in [9.17, 15) is 2.74 Å². The van der Waals surface area contributed by atoms with E-state index < -0.39 is 97.2 Å². The first kappa shape index (κ1) is 11.6. The molecular formula is C38H28O. The fraction of sp³-hybridized carbons (Fsp3) is 0.105. The van der Waals surface area contributed by atoms with E-state index in [2.05, 4.69) is 0 Å². The summed E-state index contributed by atoms with van der Waals surface area (Å²) in [5.74, 6) is -2.66. The van der Waals surface area contributed by atoms with Gasteiger partial charge in [-0.3, -0.25) is 0 Å². The molecule has 0 spiro atoms. The maximum absolute atomic E-state index is 9.35. The molecule has 0 saturated heterocycles. The molecule has 0 radical (unpaired) electrons. The Bertz CT molecular complexity index is 2830. The van der Waals surface area contributed by atoms with Gasteiger partial charge >= 0.3 is 0 Å². The zero-order chi connectivity index (χ0) is 39.7. The van der Waals surface area contributed by atoms with Gasteiger partial charge in [0.2, 0.25) is 0 Å². The topological polar surface area (TPSA) is 13.1 Å². The van der Waals surface area contributed by atoms with E-state index in [0.29, 0.717) is 16.4 Å². The minimum Gasteiger partial charge on any atom is -0.455 e. The van der Waals surface area contributed by atoms with Crippen molar-refractivity contribution in [1.29, 1.82) is 0 Å². The van der Waals surface area contributed by atoms with Crippen LogP contribution in [-0.2, 0) is 0 Å². The van der Waals surface area contributed by atoms with E-state index in [-0.39, 0.29) is 61.5 Å². The monoisotopic (exact) mass is 516 g/mol. The summed E-state index contributed by atoms with van der Waals surface area (Å²) in [6.45, 7) is 0. The molecule has 1 nitrogen and oxygen atoms in total. The van der Waals surface area contributed by atoms with Gasteiger partial charge in [-0.1, -0.05) is 115 Å². The SMILES string of the molecule is [2H]C1=C([2H])C([2H])C([2H])C(C2=c3cc([2H])c([2H])cc3=C(c3cc(-c4c([2H])c([2H])c([2H])c([2H])c4[2H])c4oc5ccccc5c4c3)C3C([2H])=C([2H])C([2H])=C([2H])C23)=C1[2H]. The second-order valence-corrected chi connectivity index (χ2v) is 9.37. The van der Waals surface area contributed by atoms with Crippen LogP contribution in [0.15, 0.2) is 143 Å². The average Bonchev–Trinajstić information content (AvgIpc) is 3.55. The molecule has 4 unspecified atom stereocenters. The minimum atomic E-state index is -1.61. The average molecular weight is 517 g/mol. The molecule has 1 heteroatoms. The first-order valence-corrected chi connectivity index (χ1v) is 12.4. The first-order chi connectivity index (χ1) is 26.0. The molecule has 4 atom stereocenters. The van der Waals surface area contributed by atoms with E-state index in [0.717, 1.165) is 0 Å². The second-order valence-electron chi connectivity index (χ2n) is 9.37. The van der Waals surface area contributed by atoms with Crippen molar-refractivity contribution in [3.8, 4) is 11.1 Å². The second kappa shape index (κ2) is 8.99. The standard InChI is InChI=1S/C38H28O/c1-3-13-25(14-4-1)33-23-27(24-34-28-17-11-12-22-35(28)39-38(33)34)37-31-20-9-7-18-29(31)36(26-15-5-2-6-16-26)30-19-8-10-21-32(30)37/h1-5,7-15,17-24,29,31H,6,16H2/i1D,2D,3D,4D,5D,6D,7D,8D,9D,10D,13D,14D,15D,16D,18D,20D. The van der Waals surface area contributed by atoms with Crippen LogP contribution in [0.2, 0.25) is 0 Å². The van der Waals surface area contributed by atoms with Crippen molar-refractivity contribution in [1.82, 2.24) is 0 Å². The smallest absolute Gasteiger partial charge is 0.143 e. The lowest BCUT2D eigenvalue weighted by molar-refractivity contribution is 0.669. The molecule has 8 rings (SSSR count). The highest BCUT2D eigenvalue weighted by Crippen LogP contribution is 2.44. The number of para-hydroxylation sites is 1. The number of hydrogen-bond acceptors (Lipinski definition) is 1. The van der Waals surface area contributed by atoms with Gasteiger partial charge in [0, 0.05) is 30.9 Å². The number of allylic oxidation sites excluding steroid dienone is 8. The molecule has 1 aromatic heterocycles. The fourth-order valence-corrected chi connectivity index (χ4v) is 5.71. The van der Waals surface area contributed by atoms with Crippen LogP contribution >= 0.6 is 0 Å². The van der Waals surface area contributed by atoms with Crippen molar-refractivity contribution >= 4 is 33.1 Å². The fourth-order valence-electron chi connectivity index (χ4n) is 5.71. The molecule has 1 heterocycles. The van der Waals surface area contributed by atoms with Gasteiger partial charge in [0.15, 0.2) is 0 Å². The van der Waals surface area contributed by atoms with Crippen molar-refractivity contribution < 1.29 is 26.3 Å². The molecule has 5 aromatic rings.